The molecule has 122 valence electrons. The number of hydrogen-bond donors (Lipinski definition) is 2. The molecule has 0 aliphatic carbocycles. The van der Waals surface area contributed by atoms with E-state index in [1.165, 1.54) is 30.5 Å². The van der Waals surface area contributed by atoms with Crippen LogP contribution in [-0.4, -0.2) is 31.4 Å². The van der Waals surface area contributed by atoms with Gasteiger partial charge in [0.25, 0.3) is 0 Å². The number of rotatable bonds is 7. The first-order valence-corrected chi connectivity index (χ1v) is 8.28. The maximum Gasteiger partial charge on any atom is 0.311 e. The summed E-state index contributed by atoms with van der Waals surface area (Å²) >= 11 is 0. The molecule has 8 nitrogen and oxygen atoms in total. The summed E-state index contributed by atoms with van der Waals surface area (Å²) in [5.74, 6) is 0.104. The van der Waals surface area contributed by atoms with E-state index in [-0.39, 0.29) is 29.5 Å². The Kier molecular flexibility index (Phi) is 5.24. The van der Waals surface area contributed by atoms with Crippen LogP contribution in [-0.2, 0) is 10.0 Å². The molecule has 0 amide bonds. The van der Waals surface area contributed by atoms with Crippen molar-refractivity contribution in [2.75, 3.05) is 18.4 Å². The average Bonchev–Trinajstić information content (AvgIpc) is 2.52. The molecule has 0 aliphatic rings. The van der Waals surface area contributed by atoms with E-state index in [4.69, 9.17) is 0 Å². The molecule has 0 radical (unpaired) electrons. The first-order chi connectivity index (χ1) is 10.9. The van der Waals surface area contributed by atoms with Crippen molar-refractivity contribution in [2.24, 2.45) is 0 Å². The lowest BCUT2D eigenvalue weighted by Crippen LogP contribution is -2.29. The molecular weight excluding hydrogens is 320 g/mol. The van der Waals surface area contributed by atoms with Crippen LogP contribution in [0, 0.1) is 17.0 Å². The molecule has 9 heteroatoms. The number of pyridine rings is 1. The van der Waals surface area contributed by atoms with Crippen molar-refractivity contribution in [1.82, 2.24) is 9.71 Å². The highest BCUT2D eigenvalue weighted by molar-refractivity contribution is 7.89. The van der Waals surface area contributed by atoms with Gasteiger partial charge < -0.3 is 5.32 Å². The molecule has 0 bridgehead atoms. The van der Waals surface area contributed by atoms with Gasteiger partial charge in [0.1, 0.15) is 0 Å². The van der Waals surface area contributed by atoms with Crippen LogP contribution >= 0.6 is 0 Å². The highest BCUT2D eigenvalue weighted by Gasteiger charge is 2.15. The second kappa shape index (κ2) is 7.16. The standard InChI is InChI=1S/C14H16N4O4S/c1-11-4-6-12(7-5-11)23(21,22)17-10-9-16-14-13(18(19)20)3-2-8-15-14/h2-8,17H,9-10H2,1H3,(H,15,16). The van der Waals surface area contributed by atoms with Gasteiger partial charge in [-0.25, -0.2) is 18.1 Å². The Hall–Kier alpha value is -2.52. The molecule has 0 spiro atoms. The molecular formula is C14H16N4O4S. The van der Waals surface area contributed by atoms with Gasteiger partial charge in [-0.3, -0.25) is 10.1 Å². The number of hydrogen-bond acceptors (Lipinski definition) is 6. The fourth-order valence-corrected chi connectivity index (χ4v) is 2.88. The van der Waals surface area contributed by atoms with E-state index in [1.54, 1.807) is 12.1 Å². The number of benzene rings is 1. The highest BCUT2D eigenvalue weighted by atomic mass is 32.2. The molecule has 0 saturated carbocycles. The molecule has 0 aliphatic heterocycles. The third-order valence-corrected chi connectivity index (χ3v) is 4.50. The fourth-order valence-electron chi connectivity index (χ4n) is 1.85. The van der Waals surface area contributed by atoms with Crippen molar-refractivity contribution < 1.29 is 13.3 Å². The van der Waals surface area contributed by atoms with E-state index in [1.807, 2.05) is 6.92 Å². The molecule has 1 aromatic heterocycles. The van der Waals surface area contributed by atoms with E-state index in [0.717, 1.165) is 5.56 Å². The minimum atomic E-state index is -3.60. The van der Waals surface area contributed by atoms with Crippen LogP contribution in [0.3, 0.4) is 0 Å². The summed E-state index contributed by atoms with van der Waals surface area (Å²) in [5, 5.41) is 13.6. The molecule has 1 heterocycles. The van der Waals surface area contributed by atoms with Crippen molar-refractivity contribution in [3.8, 4) is 0 Å². The molecule has 0 saturated heterocycles. The maximum absolute atomic E-state index is 12.1. The number of sulfonamides is 1. The summed E-state index contributed by atoms with van der Waals surface area (Å²) in [4.78, 5) is 14.3. The Balaban J connectivity index is 1.93. The van der Waals surface area contributed by atoms with E-state index in [0.29, 0.717) is 0 Å². The highest BCUT2D eigenvalue weighted by Crippen LogP contribution is 2.19. The Labute approximate surface area is 133 Å². The van der Waals surface area contributed by atoms with Gasteiger partial charge in [-0.15, -0.1) is 0 Å². The molecule has 0 fully saturated rings. The van der Waals surface area contributed by atoms with Crippen LogP contribution in [0.15, 0.2) is 47.5 Å². The van der Waals surface area contributed by atoms with Gasteiger partial charge in [-0.2, -0.15) is 0 Å². The Morgan fingerprint density at radius 2 is 1.87 bits per heavy atom. The zero-order valence-corrected chi connectivity index (χ0v) is 13.2. The van der Waals surface area contributed by atoms with Crippen LogP contribution in [0.5, 0.6) is 0 Å². The van der Waals surface area contributed by atoms with Gasteiger partial charge in [0, 0.05) is 25.4 Å². The van der Waals surface area contributed by atoms with Crippen molar-refractivity contribution in [3.05, 3.63) is 58.3 Å². The first-order valence-electron chi connectivity index (χ1n) is 6.80. The Morgan fingerprint density at radius 1 is 1.17 bits per heavy atom. The smallest absolute Gasteiger partial charge is 0.311 e. The number of nitrogens with zero attached hydrogens (tertiary/aromatic N) is 2. The minimum absolute atomic E-state index is 0.0734. The quantitative estimate of drug-likeness (QED) is 0.452. The molecule has 2 rings (SSSR count). The fraction of sp³-hybridized carbons (Fsp3) is 0.214. The van der Waals surface area contributed by atoms with Crippen molar-refractivity contribution >= 4 is 21.5 Å². The normalized spacial score (nSPS) is 11.2. The second-order valence-electron chi connectivity index (χ2n) is 4.77. The summed E-state index contributed by atoms with van der Waals surface area (Å²) in [6, 6.07) is 9.26. The number of aromatic nitrogens is 1. The maximum atomic E-state index is 12.1. The van der Waals surface area contributed by atoms with Crippen LogP contribution in [0.1, 0.15) is 5.56 Å². The summed E-state index contributed by atoms with van der Waals surface area (Å²) in [6.45, 7) is 2.11. The number of aryl methyl sites for hydroxylation is 1. The molecule has 23 heavy (non-hydrogen) atoms. The second-order valence-corrected chi connectivity index (χ2v) is 6.53. The predicted molar refractivity (Wildman–Crippen MR) is 85.7 cm³/mol. The van der Waals surface area contributed by atoms with Gasteiger partial charge in [0.05, 0.1) is 9.82 Å². The lowest BCUT2D eigenvalue weighted by molar-refractivity contribution is -0.384. The van der Waals surface area contributed by atoms with Gasteiger partial charge in [0.2, 0.25) is 15.8 Å². The van der Waals surface area contributed by atoms with Crippen LogP contribution in [0.25, 0.3) is 0 Å². The predicted octanol–water partition coefficient (Wildman–Crippen LogP) is 1.69. The third kappa shape index (κ3) is 4.47. The molecule has 0 atom stereocenters. The van der Waals surface area contributed by atoms with Gasteiger partial charge >= 0.3 is 5.69 Å². The van der Waals surface area contributed by atoms with E-state index >= 15 is 0 Å². The third-order valence-electron chi connectivity index (χ3n) is 3.02. The van der Waals surface area contributed by atoms with E-state index < -0.39 is 14.9 Å². The van der Waals surface area contributed by atoms with Gasteiger partial charge in [-0.1, -0.05) is 17.7 Å². The van der Waals surface area contributed by atoms with Gasteiger partial charge in [-0.05, 0) is 25.1 Å². The number of anilines is 1. The summed E-state index contributed by atoms with van der Waals surface area (Å²) in [6.07, 6.45) is 1.42. The Morgan fingerprint density at radius 3 is 2.52 bits per heavy atom. The van der Waals surface area contributed by atoms with Crippen molar-refractivity contribution in [1.29, 1.82) is 0 Å². The largest absolute Gasteiger partial charge is 0.363 e. The number of nitro groups is 1. The lowest BCUT2D eigenvalue weighted by Gasteiger charge is -2.08. The lowest BCUT2D eigenvalue weighted by atomic mass is 10.2. The SMILES string of the molecule is Cc1ccc(S(=O)(=O)NCCNc2ncccc2[N+](=O)[O-])cc1. The van der Waals surface area contributed by atoms with Crippen LogP contribution in [0.4, 0.5) is 11.5 Å². The molecule has 0 unspecified atom stereocenters. The van der Waals surface area contributed by atoms with E-state index in [9.17, 15) is 18.5 Å². The van der Waals surface area contributed by atoms with Crippen LogP contribution < -0.4 is 10.0 Å². The summed E-state index contributed by atoms with van der Waals surface area (Å²) < 4.78 is 26.6. The monoisotopic (exact) mass is 336 g/mol. The van der Waals surface area contributed by atoms with Crippen molar-refractivity contribution in [2.45, 2.75) is 11.8 Å². The van der Waals surface area contributed by atoms with Crippen molar-refractivity contribution in [3.63, 3.8) is 0 Å². The summed E-state index contributed by atoms with van der Waals surface area (Å²) in [7, 11) is -3.60. The van der Waals surface area contributed by atoms with Crippen LogP contribution in [0.2, 0.25) is 0 Å². The summed E-state index contributed by atoms with van der Waals surface area (Å²) in [5.41, 5.74) is 0.807. The average molecular weight is 336 g/mol. The molecule has 2 N–H and O–H groups in total. The van der Waals surface area contributed by atoms with Gasteiger partial charge in [0.15, 0.2) is 0 Å². The zero-order valence-electron chi connectivity index (χ0n) is 12.4. The minimum Gasteiger partial charge on any atom is -0.363 e. The first kappa shape index (κ1) is 16.8. The zero-order chi connectivity index (χ0) is 16.9. The van der Waals surface area contributed by atoms with E-state index in [2.05, 4.69) is 15.0 Å². The number of nitrogens with one attached hydrogen (secondary N) is 2. The molecule has 1 aromatic carbocycles. The molecule has 2 aromatic rings. The Bertz CT molecular complexity index is 791. The topological polar surface area (TPSA) is 114 Å².